The van der Waals surface area contributed by atoms with Crippen molar-refractivity contribution < 1.29 is 4.74 Å². The van der Waals surface area contributed by atoms with Crippen LogP contribution in [0.2, 0.25) is 0 Å². The molecule has 1 aliphatic carbocycles. The SMILES string of the molecule is COCCN1CCC2(CC1)C[C@H](NCc1nccn1C)c1ccccc12. The molecule has 1 fully saturated rings. The van der Waals surface area contributed by atoms with E-state index in [1.54, 1.807) is 12.7 Å². The Kier molecular flexibility index (Phi) is 5.11. The maximum Gasteiger partial charge on any atom is 0.122 e. The largest absolute Gasteiger partial charge is 0.383 e. The van der Waals surface area contributed by atoms with Gasteiger partial charge in [-0.3, -0.25) is 0 Å². The van der Waals surface area contributed by atoms with E-state index in [9.17, 15) is 0 Å². The van der Waals surface area contributed by atoms with Gasteiger partial charge in [-0.2, -0.15) is 0 Å². The van der Waals surface area contributed by atoms with E-state index in [1.807, 2.05) is 12.4 Å². The summed E-state index contributed by atoms with van der Waals surface area (Å²) in [5.74, 6) is 1.10. The molecule has 1 aliphatic heterocycles. The number of hydrogen-bond donors (Lipinski definition) is 1. The fourth-order valence-electron chi connectivity index (χ4n) is 4.76. The van der Waals surface area contributed by atoms with Gasteiger partial charge in [0.2, 0.25) is 0 Å². The first-order valence-corrected chi connectivity index (χ1v) is 9.72. The average molecular weight is 354 g/mol. The van der Waals surface area contributed by atoms with Crippen molar-refractivity contribution in [1.29, 1.82) is 0 Å². The number of aryl methyl sites for hydroxylation is 1. The maximum atomic E-state index is 5.25. The van der Waals surface area contributed by atoms with Gasteiger partial charge in [0.15, 0.2) is 0 Å². The molecular formula is C21H30N4O. The molecular weight excluding hydrogens is 324 g/mol. The molecule has 1 aromatic carbocycles. The second kappa shape index (κ2) is 7.51. The highest BCUT2D eigenvalue weighted by Crippen LogP contribution is 2.50. The number of ether oxygens (including phenoxy) is 1. The number of aromatic nitrogens is 2. The molecule has 0 unspecified atom stereocenters. The number of piperidine rings is 1. The first-order valence-electron chi connectivity index (χ1n) is 9.72. The van der Waals surface area contributed by atoms with Gasteiger partial charge in [-0.15, -0.1) is 0 Å². The van der Waals surface area contributed by atoms with Gasteiger partial charge in [0, 0.05) is 39.1 Å². The van der Waals surface area contributed by atoms with E-state index in [-0.39, 0.29) is 0 Å². The molecule has 1 aromatic heterocycles. The second-order valence-corrected chi connectivity index (χ2v) is 7.79. The number of nitrogens with zero attached hydrogens (tertiary/aromatic N) is 3. The lowest BCUT2D eigenvalue weighted by atomic mass is 9.73. The van der Waals surface area contributed by atoms with Gasteiger partial charge >= 0.3 is 0 Å². The lowest BCUT2D eigenvalue weighted by Crippen LogP contribution is -2.43. The van der Waals surface area contributed by atoms with Gasteiger partial charge < -0.3 is 19.5 Å². The number of hydrogen-bond acceptors (Lipinski definition) is 4. The molecule has 2 aliphatic rings. The van der Waals surface area contributed by atoms with Crippen molar-refractivity contribution in [3.8, 4) is 0 Å². The number of benzene rings is 1. The third-order valence-corrected chi connectivity index (χ3v) is 6.35. The van der Waals surface area contributed by atoms with Crippen molar-refractivity contribution in [2.45, 2.75) is 37.3 Å². The number of likely N-dealkylation sites (tertiary alicyclic amines) is 1. The van der Waals surface area contributed by atoms with Crippen molar-refractivity contribution >= 4 is 0 Å². The van der Waals surface area contributed by atoms with Crippen LogP contribution in [0.1, 0.15) is 42.3 Å². The molecule has 2 heterocycles. The zero-order valence-corrected chi connectivity index (χ0v) is 15.9. The van der Waals surface area contributed by atoms with Crippen molar-refractivity contribution in [1.82, 2.24) is 19.8 Å². The Balaban J connectivity index is 1.47. The molecule has 1 spiro atoms. The van der Waals surface area contributed by atoms with Crippen molar-refractivity contribution in [2.75, 3.05) is 33.4 Å². The molecule has 1 atom stereocenters. The summed E-state index contributed by atoms with van der Waals surface area (Å²) in [5, 5.41) is 3.78. The minimum atomic E-state index is 0.333. The highest BCUT2D eigenvalue weighted by Gasteiger charge is 2.45. The lowest BCUT2D eigenvalue weighted by molar-refractivity contribution is 0.107. The smallest absolute Gasteiger partial charge is 0.122 e. The number of fused-ring (bicyclic) bond motifs is 2. The maximum absolute atomic E-state index is 5.25. The average Bonchev–Trinajstić information content (AvgIpc) is 3.22. The standard InChI is InChI=1S/C21H30N4O/c1-24-12-9-22-20(24)16-23-19-15-21(18-6-4-3-5-17(18)19)7-10-25(11-8-21)13-14-26-2/h3-6,9,12,19,23H,7-8,10-11,13-16H2,1-2H3/t19-/m0/s1. The van der Waals surface area contributed by atoms with E-state index in [4.69, 9.17) is 4.74 Å². The van der Waals surface area contributed by atoms with Crippen LogP contribution >= 0.6 is 0 Å². The number of rotatable bonds is 6. The molecule has 0 radical (unpaired) electrons. The molecule has 26 heavy (non-hydrogen) atoms. The first kappa shape index (κ1) is 17.7. The fraction of sp³-hybridized carbons (Fsp3) is 0.571. The van der Waals surface area contributed by atoms with Crippen LogP contribution in [0.3, 0.4) is 0 Å². The molecule has 2 aromatic rings. The van der Waals surface area contributed by atoms with E-state index in [1.165, 1.54) is 37.9 Å². The van der Waals surface area contributed by atoms with Gasteiger partial charge in [0.1, 0.15) is 5.82 Å². The van der Waals surface area contributed by atoms with Crippen LogP contribution < -0.4 is 5.32 Å². The minimum absolute atomic E-state index is 0.333. The van der Waals surface area contributed by atoms with Crippen LogP contribution in [-0.2, 0) is 23.7 Å². The van der Waals surface area contributed by atoms with Gasteiger partial charge in [-0.25, -0.2) is 4.98 Å². The predicted molar refractivity (Wildman–Crippen MR) is 103 cm³/mol. The monoisotopic (exact) mass is 354 g/mol. The summed E-state index contributed by atoms with van der Waals surface area (Å²) in [5.41, 5.74) is 3.40. The Hall–Kier alpha value is -1.69. The van der Waals surface area contributed by atoms with Gasteiger partial charge in [0.05, 0.1) is 13.2 Å². The van der Waals surface area contributed by atoms with E-state index in [2.05, 4.69) is 51.1 Å². The normalized spacial score (nSPS) is 22.0. The molecule has 4 rings (SSSR count). The van der Waals surface area contributed by atoms with E-state index >= 15 is 0 Å². The summed E-state index contributed by atoms with van der Waals surface area (Å²) < 4.78 is 7.35. The Morgan fingerprint density at radius 2 is 2.08 bits per heavy atom. The predicted octanol–water partition coefficient (Wildman–Crippen LogP) is 2.63. The number of nitrogens with one attached hydrogen (secondary N) is 1. The van der Waals surface area contributed by atoms with Crippen LogP contribution in [0, 0.1) is 0 Å². The second-order valence-electron chi connectivity index (χ2n) is 7.79. The zero-order valence-electron chi connectivity index (χ0n) is 15.9. The van der Waals surface area contributed by atoms with Crippen LogP contribution in [0.15, 0.2) is 36.7 Å². The Bertz CT molecular complexity index is 733. The Morgan fingerprint density at radius 1 is 1.27 bits per heavy atom. The zero-order chi connectivity index (χ0) is 18.0. The topological polar surface area (TPSA) is 42.3 Å². The summed E-state index contributed by atoms with van der Waals surface area (Å²) in [7, 11) is 3.85. The molecule has 5 nitrogen and oxygen atoms in total. The summed E-state index contributed by atoms with van der Waals surface area (Å²) in [4.78, 5) is 7.00. The summed E-state index contributed by atoms with van der Waals surface area (Å²) in [6.45, 7) is 5.04. The molecule has 1 N–H and O–H groups in total. The van der Waals surface area contributed by atoms with Crippen LogP contribution in [-0.4, -0.2) is 47.8 Å². The fourth-order valence-corrected chi connectivity index (χ4v) is 4.76. The minimum Gasteiger partial charge on any atom is -0.383 e. The quantitative estimate of drug-likeness (QED) is 0.866. The third kappa shape index (κ3) is 3.31. The lowest BCUT2D eigenvalue weighted by Gasteiger charge is -2.40. The van der Waals surface area contributed by atoms with Crippen molar-refractivity contribution in [2.24, 2.45) is 7.05 Å². The van der Waals surface area contributed by atoms with Gasteiger partial charge in [-0.05, 0) is 48.9 Å². The highest BCUT2D eigenvalue weighted by atomic mass is 16.5. The molecule has 140 valence electrons. The van der Waals surface area contributed by atoms with E-state index < -0.39 is 0 Å². The Morgan fingerprint density at radius 3 is 2.81 bits per heavy atom. The summed E-state index contributed by atoms with van der Waals surface area (Å²) >= 11 is 0. The first-order chi connectivity index (χ1) is 12.7. The van der Waals surface area contributed by atoms with Crippen LogP contribution in [0.25, 0.3) is 0 Å². The number of methoxy groups -OCH3 is 1. The summed E-state index contributed by atoms with van der Waals surface area (Å²) in [6, 6.07) is 9.49. The molecule has 0 bridgehead atoms. The Labute approximate surface area is 156 Å². The van der Waals surface area contributed by atoms with E-state index in [0.717, 1.165) is 25.5 Å². The molecule has 1 saturated heterocycles. The van der Waals surface area contributed by atoms with Crippen LogP contribution in [0.4, 0.5) is 0 Å². The molecule has 0 saturated carbocycles. The molecule has 5 heteroatoms. The van der Waals surface area contributed by atoms with Crippen molar-refractivity contribution in [3.63, 3.8) is 0 Å². The van der Waals surface area contributed by atoms with Crippen molar-refractivity contribution in [3.05, 3.63) is 53.6 Å². The molecule has 0 amide bonds. The summed E-state index contributed by atoms with van der Waals surface area (Å²) in [6.07, 6.45) is 7.57. The van der Waals surface area contributed by atoms with Gasteiger partial charge in [0.25, 0.3) is 0 Å². The van der Waals surface area contributed by atoms with Gasteiger partial charge in [-0.1, -0.05) is 24.3 Å². The number of imidazole rings is 1. The third-order valence-electron chi connectivity index (χ3n) is 6.35. The van der Waals surface area contributed by atoms with Crippen LogP contribution in [0.5, 0.6) is 0 Å². The van der Waals surface area contributed by atoms with E-state index in [0.29, 0.717) is 11.5 Å². The highest BCUT2D eigenvalue weighted by molar-refractivity contribution is 5.42.